The molecule has 23 heavy (non-hydrogen) atoms. The molecule has 0 saturated carbocycles. The van der Waals surface area contributed by atoms with E-state index in [0.717, 1.165) is 12.2 Å². The second-order valence-corrected chi connectivity index (χ2v) is 5.27. The van der Waals surface area contributed by atoms with E-state index in [-0.39, 0.29) is 0 Å². The van der Waals surface area contributed by atoms with Gasteiger partial charge in [-0.25, -0.2) is 0 Å². The van der Waals surface area contributed by atoms with Gasteiger partial charge >= 0.3 is 5.97 Å². The molecule has 0 aliphatic rings. The van der Waals surface area contributed by atoms with Crippen LogP contribution in [-0.2, 0) is 11.2 Å². The van der Waals surface area contributed by atoms with Gasteiger partial charge in [-0.15, -0.1) is 0 Å². The third-order valence-corrected chi connectivity index (χ3v) is 3.79. The molecule has 2 rings (SSSR count). The van der Waals surface area contributed by atoms with Crippen molar-refractivity contribution < 1.29 is 19.4 Å². The van der Waals surface area contributed by atoms with Crippen LogP contribution in [0.25, 0.3) is 0 Å². The first-order valence-electron chi connectivity index (χ1n) is 7.73. The molecule has 0 fully saturated rings. The number of aryl methyl sites for hydroxylation is 1. The minimum Gasteiger partial charge on any atom is -0.496 e. The number of carboxylic acid groups (broad SMARTS) is 1. The van der Waals surface area contributed by atoms with Crippen LogP contribution in [-0.4, -0.2) is 24.8 Å². The van der Waals surface area contributed by atoms with Crippen molar-refractivity contribution in [3.05, 3.63) is 59.7 Å². The summed E-state index contributed by atoms with van der Waals surface area (Å²) in [4.78, 5) is 11.6. The molecule has 1 N–H and O–H groups in total. The molecule has 0 heterocycles. The number of aliphatic carboxylic acids is 1. The number of hydrogen-bond acceptors (Lipinski definition) is 3. The number of para-hydroxylation sites is 1. The van der Waals surface area contributed by atoms with Crippen molar-refractivity contribution in [3.63, 3.8) is 0 Å². The van der Waals surface area contributed by atoms with Crippen LogP contribution in [0.5, 0.6) is 11.5 Å². The summed E-state index contributed by atoms with van der Waals surface area (Å²) in [5.41, 5.74) is 1.87. The zero-order valence-corrected chi connectivity index (χ0v) is 13.5. The molecule has 0 amide bonds. The van der Waals surface area contributed by atoms with E-state index in [2.05, 4.69) is 6.92 Å². The summed E-state index contributed by atoms with van der Waals surface area (Å²) >= 11 is 0. The predicted molar refractivity (Wildman–Crippen MR) is 89.3 cm³/mol. The van der Waals surface area contributed by atoms with Gasteiger partial charge in [0.1, 0.15) is 11.5 Å². The molecule has 0 bridgehead atoms. The quantitative estimate of drug-likeness (QED) is 0.803. The lowest BCUT2D eigenvalue weighted by Crippen LogP contribution is -2.16. The molecule has 2 aromatic carbocycles. The Kier molecular flexibility index (Phi) is 6.03. The molecule has 1 unspecified atom stereocenters. The summed E-state index contributed by atoms with van der Waals surface area (Å²) in [6, 6.07) is 15.1. The minimum absolute atomic E-state index is 0.335. The molecule has 0 aliphatic carbocycles. The summed E-state index contributed by atoms with van der Waals surface area (Å²) in [5, 5.41) is 9.51. The van der Waals surface area contributed by atoms with Crippen LogP contribution in [0.3, 0.4) is 0 Å². The van der Waals surface area contributed by atoms with E-state index in [4.69, 9.17) is 9.47 Å². The first-order valence-corrected chi connectivity index (χ1v) is 7.73. The van der Waals surface area contributed by atoms with Crippen molar-refractivity contribution in [1.82, 2.24) is 0 Å². The summed E-state index contributed by atoms with van der Waals surface area (Å²) in [6.07, 6.45) is 1.32. The average molecular weight is 314 g/mol. The lowest BCUT2D eigenvalue weighted by atomic mass is 9.95. The van der Waals surface area contributed by atoms with Gasteiger partial charge in [0, 0.05) is 5.56 Å². The van der Waals surface area contributed by atoms with Crippen LogP contribution in [0, 0.1) is 0 Å². The average Bonchev–Trinajstić information content (AvgIpc) is 2.58. The van der Waals surface area contributed by atoms with Crippen LogP contribution in [0.1, 0.15) is 30.4 Å². The highest BCUT2D eigenvalue weighted by atomic mass is 16.5. The second kappa shape index (κ2) is 8.22. The maximum Gasteiger partial charge on any atom is 0.311 e. The van der Waals surface area contributed by atoms with Crippen LogP contribution >= 0.6 is 0 Å². The molecule has 0 saturated heterocycles. The van der Waals surface area contributed by atoms with E-state index in [1.54, 1.807) is 19.2 Å². The number of carbonyl (C=O) groups is 1. The van der Waals surface area contributed by atoms with Gasteiger partial charge in [0.2, 0.25) is 0 Å². The Morgan fingerprint density at radius 2 is 1.96 bits per heavy atom. The van der Waals surface area contributed by atoms with E-state index in [1.807, 2.05) is 36.4 Å². The number of methoxy groups -OCH3 is 1. The molecule has 1 atom stereocenters. The van der Waals surface area contributed by atoms with Crippen molar-refractivity contribution in [2.45, 2.75) is 25.7 Å². The SMILES string of the molecule is CCc1cccc(OCCC(C(=O)O)c2ccccc2OC)c1. The van der Waals surface area contributed by atoms with Crippen molar-refractivity contribution in [2.24, 2.45) is 0 Å². The number of ether oxygens (including phenoxy) is 2. The van der Waals surface area contributed by atoms with Gasteiger partial charge in [-0.3, -0.25) is 4.79 Å². The van der Waals surface area contributed by atoms with Gasteiger partial charge in [-0.1, -0.05) is 37.3 Å². The topological polar surface area (TPSA) is 55.8 Å². The molecule has 0 spiro atoms. The van der Waals surface area contributed by atoms with Crippen molar-refractivity contribution >= 4 is 5.97 Å². The third-order valence-electron chi connectivity index (χ3n) is 3.79. The number of hydrogen-bond donors (Lipinski definition) is 1. The Balaban J connectivity index is 2.04. The van der Waals surface area contributed by atoms with Crippen LogP contribution in [0.4, 0.5) is 0 Å². The molecule has 2 aromatic rings. The fourth-order valence-corrected chi connectivity index (χ4v) is 2.52. The van der Waals surface area contributed by atoms with Crippen molar-refractivity contribution in [2.75, 3.05) is 13.7 Å². The Bertz CT molecular complexity index is 651. The lowest BCUT2D eigenvalue weighted by molar-refractivity contribution is -0.139. The first kappa shape index (κ1) is 16.9. The van der Waals surface area contributed by atoms with E-state index >= 15 is 0 Å². The lowest BCUT2D eigenvalue weighted by Gasteiger charge is -2.16. The standard InChI is InChI=1S/C19H22O4/c1-3-14-7-6-8-15(13-14)23-12-11-17(19(20)21)16-9-4-5-10-18(16)22-2/h4-10,13,17H,3,11-12H2,1-2H3,(H,20,21). The highest BCUT2D eigenvalue weighted by molar-refractivity contribution is 5.77. The monoisotopic (exact) mass is 314 g/mol. The Morgan fingerprint density at radius 1 is 1.17 bits per heavy atom. The summed E-state index contributed by atoms with van der Waals surface area (Å²) < 4.78 is 11.0. The van der Waals surface area contributed by atoms with Gasteiger partial charge in [-0.05, 0) is 36.6 Å². The Morgan fingerprint density at radius 3 is 2.65 bits per heavy atom. The van der Waals surface area contributed by atoms with E-state index in [1.165, 1.54) is 5.56 Å². The van der Waals surface area contributed by atoms with E-state index in [0.29, 0.717) is 24.3 Å². The second-order valence-electron chi connectivity index (χ2n) is 5.27. The summed E-state index contributed by atoms with van der Waals surface area (Å²) in [5.74, 6) is -0.165. The predicted octanol–water partition coefficient (Wildman–Crippen LogP) is 3.89. The minimum atomic E-state index is -0.875. The highest BCUT2D eigenvalue weighted by Crippen LogP contribution is 2.29. The number of benzene rings is 2. The van der Waals surface area contributed by atoms with E-state index in [9.17, 15) is 9.90 Å². The molecule has 4 heteroatoms. The zero-order chi connectivity index (χ0) is 16.7. The fourth-order valence-electron chi connectivity index (χ4n) is 2.52. The maximum absolute atomic E-state index is 11.6. The maximum atomic E-state index is 11.6. The molecular formula is C19H22O4. The van der Waals surface area contributed by atoms with Crippen LogP contribution in [0.15, 0.2) is 48.5 Å². The Hall–Kier alpha value is -2.49. The molecule has 0 radical (unpaired) electrons. The summed E-state index contributed by atoms with van der Waals surface area (Å²) in [6.45, 7) is 2.42. The van der Waals surface area contributed by atoms with Crippen molar-refractivity contribution in [3.8, 4) is 11.5 Å². The van der Waals surface area contributed by atoms with Crippen LogP contribution in [0.2, 0.25) is 0 Å². The van der Waals surface area contributed by atoms with E-state index < -0.39 is 11.9 Å². The third kappa shape index (κ3) is 4.49. The highest BCUT2D eigenvalue weighted by Gasteiger charge is 2.23. The fraction of sp³-hybridized carbons (Fsp3) is 0.316. The van der Waals surface area contributed by atoms with Gasteiger partial charge in [-0.2, -0.15) is 0 Å². The Labute approximate surface area is 136 Å². The van der Waals surface area contributed by atoms with Gasteiger partial charge < -0.3 is 14.6 Å². The molecule has 4 nitrogen and oxygen atoms in total. The normalized spacial score (nSPS) is 11.7. The molecular weight excluding hydrogens is 292 g/mol. The largest absolute Gasteiger partial charge is 0.496 e. The van der Waals surface area contributed by atoms with Gasteiger partial charge in [0.25, 0.3) is 0 Å². The number of rotatable bonds is 8. The van der Waals surface area contributed by atoms with Gasteiger partial charge in [0.15, 0.2) is 0 Å². The van der Waals surface area contributed by atoms with Crippen molar-refractivity contribution in [1.29, 1.82) is 0 Å². The smallest absolute Gasteiger partial charge is 0.311 e. The molecule has 0 aliphatic heterocycles. The molecule has 122 valence electrons. The number of carboxylic acids is 1. The first-order chi connectivity index (χ1) is 11.2. The molecule has 0 aromatic heterocycles. The van der Waals surface area contributed by atoms with Crippen LogP contribution < -0.4 is 9.47 Å². The van der Waals surface area contributed by atoms with Gasteiger partial charge in [0.05, 0.1) is 19.6 Å². The zero-order valence-electron chi connectivity index (χ0n) is 13.5. The summed E-state index contributed by atoms with van der Waals surface area (Å²) in [7, 11) is 1.55.